The maximum absolute atomic E-state index is 3.33. The third-order valence-corrected chi connectivity index (χ3v) is 1.75. The SMILES string of the molecule is CC(C)NCC=Cc1ccccc1.Cl. The van der Waals surface area contributed by atoms with Crippen LogP contribution in [0.2, 0.25) is 0 Å². The Hall–Kier alpha value is -0.790. The fraction of sp³-hybridized carbons (Fsp3) is 0.333. The summed E-state index contributed by atoms with van der Waals surface area (Å²) in [5, 5.41) is 3.33. The van der Waals surface area contributed by atoms with Crippen LogP contribution in [0.1, 0.15) is 19.4 Å². The van der Waals surface area contributed by atoms with E-state index in [-0.39, 0.29) is 12.4 Å². The third-order valence-electron chi connectivity index (χ3n) is 1.75. The Balaban J connectivity index is 0.00000169. The lowest BCUT2D eigenvalue weighted by atomic mass is 10.2. The molecule has 0 atom stereocenters. The first-order chi connectivity index (χ1) is 6.29. The highest BCUT2D eigenvalue weighted by atomic mass is 35.5. The van der Waals surface area contributed by atoms with Crippen molar-refractivity contribution in [1.82, 2.24) is 5.32 Å². The molecule has 0 aromatic heterocycles. The van der Waals surface area contributed by atoms with Crippen LogP contribution in [-0.4, -0.2) is 12.6 Å². The molecule has 1 rings (SSSR count). The van der Waals surface area contributed by atoms with Gasteiger partial charge in [0.05, 0.1) is 0 Å². The minimum absolute atomic E-state index is 0. The van der Waals surface area contributed by atoms with Crippen molar-refractivity contribution in [2.24, 2.45) is 0 Å². The minimum Gasteiger partial charge on any atom is -0.311 e. The van der Waals surface area contributed by atoms with Gasteiger partial charge in [-0.2, -0.15) is 0 Å². The highest BCUT2D eigenvalue weighted by Crippen LogP contribution is 1.99. The molecule has 0 spiro atoms. The van der Waals surface area contributed by atoms with E-state index in [0.717, 1.165) is 6.54 Å². The second-order valence-corrected chi connectivity index (χ2v) is 3.38. The largest absolute Gasteiger partial charge is 0.311 e. The van der Waals surface area contributed by atoms with Crippen molar-refractivity contribution in [3.63, 3.8) is 0 Å². The van der Waals surface area contributed by atoms with Gasteiger partial charge in [-0.3, -0.25) is 0 Å². The molecule has 0 radical (unpaired) electrons. The molecule has 0 aliphatic rings. The zero-order valence-corrected chi connectivity index (χ0v) is 9.55. The second-order valence-electron chi connectivity index (χ2n) is 3.38. The second kappa shape index (κ2) is 7.60. The van der Waals surface area contributed by atoms with Gasteiger partial charge in [-0.15, -0.1) is 12.4 Å². The van der Waals surface area contributed by atoms with E-state index >= 15 is 0 Å². The van der Waals surface area contributed by atoms with Crippen molar-refractivity contribution in [1.29, 1.82) is 0 Å². The van der Waals surface area contributed by atoms with Gasteiger partial charge in [-0.25, -0.2) is 0 Å². The van der Waals surface area contributed by atoms with E-state index in [1.165, 1.54) is 5.56 Å². The van der Waals surface area contributed by atoms with E-state index in [9.17, 15) is 0 Å². The van der Waals surface area contributed by atoms with Gasteiger partial charge >= 0.3 is 0 Å². The fourth-order valence-electron chi connectivity index (χ4n) is 1.06. The molecular weight excluding hydrogens is 194 g/mol. The molecule has 0 aliphatic carbocycles. The van der Waals surface area contributed by atoms with Crippen LogP contribution in [0, 0.1) is 0 Å². The van der Waals surface area contributed by atoms with Gasteiger partial charge in [0.2, 0.25) is 0 Å². The molecule has 2 heteroatoms. The predicted octanol–water partition coefficient (Wildman–Crippen LogP) is 3.12. The lowest BCUT2D eigenvalue weighted by Crippen LogP contribution is -2.22. The molecule has 0 aliphatic heterocycles. The summed E-state index contributed by atoms with van der Waals surface area (Å²) in [4.78, 5) is 0. The van der Waals surface area contributed by atoms with Crippen molar-refractivity contribution in [3.8, 4) is 0 Å². The van der Waals surface area contributed by atoms with E-state index in [1.807, 2.05) is 6.07 Å². The van der Waals surface area contributed by atoms with Crippen molar-refractivity contribution in [2.75, 3.05) is 6.54 Å². The molecule has 14 heavy (non-hydrogen) atoms. The van der Waals surface area contributed by atoms with Crippen molar-refractivity contribution >= 4 is 18.5 Å². The molecule has 78 valence electrons. The van der Waals surface area contributed by atoms with Crippen molar-refractivity contribution in [3.05, 3.63) is 42.0 Å². The molecular formula is C12H18ClN. The molecule has 0 bridgehead atoms. The third kappa shape index (κ3) is 5.79. The van der Waals surface area contributed by atoms with Crippen LogP contribution in [0.5, 0.6) is 0 Å². The highest BCUT2D eigenvalue weighted by molar-refractivity contribution is 5.85. The Morgan fingerprint density at radius 1 is 1.21 bits per heavy atom. The average Bonchev–Trinajstić information content (AvgIpc) is 2.14. The number of hydrogen-bond donors (Lipinski definition) is 1. The maximum atomic E-state index is 3.33. The summed E-state index contributed by atoms with van der Waals surface area (Å²) in [6.45, 7) is 5.24. The summed E-state index contributed by atoms with van der Waals surface area (Å²) >= 11 is 0. The van der Waals surface area contributed by atoms with E-state index in [0.29, 0.717) is 6.04 Å². The lowest BCUT2D eigenvalue weighted by molar-refractivity contribution is 0.633. The molecule has 0 fully saturated rings. The Bertz CT molecular complexity index is 254. The molecule has 0 heterocycles. The van der Waals surface area contributed by atoms with E-state index in [2.05, 4.69) is 55.6 Å². The van der Waals surface area contributed by atoms with Gasteiger partial charge in [0, 0.05) is 12.6 Å². The zero-order chi connectivity index (χ0) is 9.52. The first-order valence-corrected chi connectivity index (χ1v) is 4.74. The molecule has 1 nitrogen and oxygen atoms in total. The Morgan fingerprint density at radius 3 is 2.43 bits per heavy atom. The standard InChI is InChI=1S/C12H17N.ClH/c1-11(2)13-10-6-9-12-7-4-3-5-8-12;/h3-9,11,13H,10H2,1-2H3;1H. The summed E-state index contributed by atoms with van der Waals surface area (Å²) in [6.07, 6.45) is 4.28. The van der Waals surface area contributed by atoms with E-state index < -0.39 is 0 Å². The Labute approximate surface area is 92.6 Å². The highest BCUT2D eigenvalue weighted by Gasteiger charge is 1.86. The molecule has 0 saturated heterocycles. The van der Waals surface area contributed by atoms with E-state index in [1.54, 1.807) is 0 Å². The zero-order valence-electron chi connectivity index (χ0n) is 8.73. The maximum Gasteiger partial charge on any atom is 0.0140 e. The average molecular weight is 212 g/mol. The number of nitrogens with one attached hydrogen (secondary N) is 1. The normalized spacial score (nSPS) is 10.5. The number of rotatable bonds is 4. The van der Waals surface area contributed by atoms with Crippen LogP contribution >= 0.6 is 12.4 Å². The monoisotopic (exact) mass is 211 g/mol. The Morgan fingerprint density at radius 2 is 1.86 bits per heavy atom. The van der Waals surface area contributed by atoms with Gasteiger partial charge in [0.25, 0.3) is 0 Å². The Kier molecular flexibility index (Phi) is 7.17. The summed E-state index contributed by atoms with van der Waals surface area (Å²) in [7, 11) is 0. The number of halogens is 1. The predicted molar refractivity (Wildman–Crippen MR) is 65.9 cm³/mol. The summed E-state index contributed by atoms with van der Waals surface area (Å²) in [5.41, 5.74) is 1.26. The fourth-order valence-corrected chi connectivity index (χ4v) is 1.06. The van der Waals surface area contributed by atoms with Gasteiger partial charge < -0.3 is 5.32 Å². The van der Waals surface area contributed by atoms with Gasteiger partial charge in [-0.1, -0.05) is 56.3 Å². The quantitative estimate of drug-likeness (QED) is 0.807. The molecule has 0 saturated carbocycles. The van der Waals surface area contributed by atoms with Crippen molar-refractivity contribution < 1.29 is 0 Å². The molecule has 0 amide bonds. The van der Waals surface area contributed by atoms with E-state index in [4.69, 9.17) is 0 Å². The molecule has 1 aromatic carbocycles. The van der Waals surface area contributed by atoms with Gasteiger partial charge in [0.15, 0.2) is 0 Å². The minimum atomic E-state index is 0. The van der Waals surface area contributed by atoms with Gasteiger partial charge in [0.1, 0.15) is 0 Å². The van der Waals surface area contributed by atoms with Crippen LogP contribution in [0.4, 0.5) is 0 Å². The summed E-state index contributed by atoms with van der Waals surface area (Å²) in [6, 6.07) is 10.9. The topological polar surface area (TPSA) is 12.0 Å². The first kappa shape index (κ1) is 13.2. The lowest BCUT2D eigenvalue weighted by Gasteiger charge is -2.03. The van der Waals surface area contributed by atoms with Crippen LogP contribution in [0.3, 0.4) is 0 Å². The van der Waals surface area contributed by atoms with Crippen LogP contribution in [0.25, 0.3) is 6.08 Å². The summed E-state index contributed by atoms with van der Waals surface area (Å²) in [5.74, 6) is 0. The van der Waals surface area contributed by atoms with Crippen LogP contribution < -0.4 is 5.32 Å². The molecule has 1 N–H and O–H groups in total. The molecule has 0 unspecified atom stereocenters. The summed E-state index contributed by atoms with van der Waals surface area (Å²) < 4.78 is 0. The number of benzene rings is 1. The first-order valence-electron chi connectivity index (χ1n) is 4.74. The smallest absolute Gasteiger partial charge is 0.0140 e. The van der Waals surface area contributed by atoms with Crippen molar-refractivity contribution in [2.45, 2.75) is 19.9 Å². The number of hydrogen-bond acceptors (Lipinski definition) is 1. The van der Waals surface area contributed by atoms with Crippen LogP contribution in [0.15, 0.2) is 36.4 Å². The van der Waals surface area contributed by atoms with Crippen LogP contribution in [-0.2, 0) is 0 Å². The molecule has 1 aromatic rings. The van der Waals surface area contributed by atoms with Gasteiger partial charge in [-0.05, 0) is 5.56 Å².